The van der Waals surface area contributed by atoms with Gasteiger partial charge in [-0.05, 0) is 62.4 Å². The molecule has 11 nitrogen and oxygen atoms in total. The van der Waals surface area contributed by atoms with Crippen LogP contribution in [0.15, 0.2) is 42.5 Å². The zero-order valence-corrected chi connectivity index (χ0v) is 22.2. The summed E-state index contributed by atoms with van der Waals surface area (Å²) in [6.45, 7) is 3.75. The smallest absolute Gasteiger partial charge is 0.323 e. The summed E-state index contributed by atoms with van der Waals surface area (Å²) >= 11 is 0. The number of carbonyl (C=O) groups excluding carboxylic acids is 3. The number of ether oxygens (including phenoxy) is 1. The van der Waals surface area contributed by atoms with Crippen molar-refractivity contribution in [1.82, 2.24) is 15.1 Å². The van der Waals surface area contributed by atoms with Gasteiger partial charge in [-0.2, -0.15) is 0 Å². The van der Waals surface area contributed by atoms with E-state index >= 15 is 0 Å². The molecule has 0 aliphatic carbocycles. The summed E-state index contributed by atoms with van der Waals surface area (Å²) in [5.74, 6) is -0.971. The van der Waals surface area contributed by atoms with Crippen LogP contribution in [0.2, 0.25) is 0 Å². The standard InChI is InChI=1S/C28H35N5O6/c1-18-5-3-4-6-22(18)30-27(37)31-23-8-7-20(17-24(23)39-2)25(34)32-15-11-21(12-16-32)29-28(38)33-13-9-19(10-14-33)26(35)36/h3-8,17,19,21H,9-16H2,1-2H3,(H,29,38)(H,35,36)(H2,30,31,37). The normalized spacial score (nSPS) is 16.4. The first-order chi connectivity index (χ1) is 18.7. The number of urea groups is 2. The molecule has 11 heteroatoms. The number of likely N-dealkylation sites (tertiary alicyclic amines) is 2. The van der Waals surface area contributed by atoms with Gasteiger partial charge in [0, 0.05) is 43.5 Å². The van der Waals surface area contributed by atoms with Crippen molar-refractivity contribution in [2.45, 2.75) is 38.6 Å². The number of nitrogens with one attached hydrogen (secondary N) is 3. The van der Waals surface area contributed by atoms with Crippen LogP contribution in [-0.2, 0) is 4.79 Å². The number of hydrogen-bond acceptors (Lipinski definition) is 5. The van der Waals surface area contributed by atoms with E-state index in [9.17, 15) is 19.2 Å². The zero-order valence-electron chi connectivity index (χ0n) is 22.2. The lowest BCUT2D eigenvalue weighted by Gasteiger charge is -2.35. The van der Waals surface area contributed by atoms with Gasteiger partial charge in [-0.1, -0.05) is 18.2 Å². The fraction of sp³-hybridized carbons (Fsp3) is 0.429. The van der Waals surface area contributed by atoms with Gasteiger partial charge in [0.1, 0.15) is 5.75 Å². The number of carboxylic acids is 1. The summed E-state index contributed by atoms with van der Waals surface area (Å²) in [6.07, 6.45) is 2.17. The molecule has 0 bridgehead atoms. The second-order valence-electron chi connectivity index (χ2n) is 9.92. The van der Waals surface area contributed by atoms with E-state index in [2.05, 4.69) is 16.0 Å². The summed E-state index contributed by atoms with van der Waals surface area (Å²) in [4.78, 5) is 52.8. The molecule has 2 heterocycles. The molecular formula is C28H35N5O6. The fourth-order valence-corrected chi connectivity index (χ4v) is 4.92. The summed E-state index contributed by atoms with van der Waals surface area (Å²) in [5.41, 5.74) is 2.52. The molecule has 0 radical (unpaired) electrons. The van der Waals surface area contributed by atoms with Crippen LogP contribution in [0.4, 0.5) is 21.0 Å². The van der Waals surface area contributed by atoms with E-state index in [1.165, 1.54) is 7.11 Å². The molecule has 2 aromatic rings. The minimum Gasteiger partial charge on any atom is -0.495 e. The van der Waals surface area contributed by atoms with Crippen LogP contribution >= 0.6 is 0 Å². The predicted octanol–water partition coefficient (Wildman–Crippen LogP) is 3.76. The molecule has 2 aliphatic heterocycles. The monoisotopic (exact) mass is 537 g/mol. The van der Waals surface area contributed by atoms with E-state index in [0.717, 1.165) is 5.56 Å². The molecule has 0 saturated carbocycles. The third-order valence-electron chi connectivity index (χ3n) is 7.33. The van der Waals surface area contributed by atoms with Gasteiger partial charge in [-0.25, -0.2) is 9.59 Å². The minimum atomic E-state index is -0.806. The van der Waals surface area contributed by atoms with Gasteiger partial charge in [0.25, 0.3) is 5.91 Å². The quantitative estimate of drug-likeness (QED) is 0.442. The van der Waals surface area contributed by atoms with Gasteiger partial charge < -0.3 is 35.6 Å². The van der Waals surface area contributed by atoms with E-state index in [1.54, 1.807) is 28.0 Å². The number of rotatable bonds is 6. The molecule has 0 unspecified atom stereocenters. The number of benzene rings is 2. The van der Waals surface area contributed by atoms with Gasteiger partial charge in [-0.15, -0.1) is 0 Å². The lowest BCUT2D eigenvalue weighted by Crippen LogP contribution is -2.52. The Morgan fingerprint density at radius 2 is 1.51 bits per heavy atom. The second kappa shape index (κ2) is 12.5. The highest BCUT2D eigenvalue weighted by atomic mass is 16.5. The van der Waals surface area contributed by atoms with Crippen molar-refractivity contribution >= 4 is 35.3 Å². The number of amides is 5. The number of piperidine rings is 2. The van der Waals surface area contributed by atoms with Crippen LogP contribution in [0.1, 0.15) is 41.6 Å². The zero-order chi connectivity index (χ0) is 27.9. The molecule has 39 heavy (non-hydrogen) atoms. The lowest BCUT2D eigenvalue weighted by atomic mass is 9.97. The van der Waals surface area contributed by atoms with Crippen LogP contribution in [0, 0.1) is 12.8 Å². The average molecular weight is 538 g/mol. The number of anilines is 2. The number of nitrogens with zero attached hydrogens (tertiary/aromatic N) is 2. The van der Waals surface area contributed by atoms with Crippen molar-refractivity contribution in [3.8, 4) is 5.75 Å². The van der Waals surface area contributed by atoms with E-state index in [1.807, 2.05) is 31.2 Å². The molecule has 0 spiro atoms. The van der Waals surface area contributed by atoms with E-state index in [0.29, 0.717) is 74.6 Å². The van der Waals surface area contributed by atoms with Crippen LogP contribution in [0.25, 0.3) is 0 Å². The van der Waals surface area contributed by atoms with Crippen LogP contribution in [0.3, 0.4) is 0 Å². The average Bonchev–Trinajstić information content (AvgIpc) is 2.94. The molecular weight excluding hydrogens is 502 g/mol. The van der Waals surface area contributed by atoms with Crippen LogP contribution < -0.4 is 20.7 Å². The third-order valence-corrected chi connectivity index (χ3v) is 7.33. The number of aryl methyl sites for hydroxylation is 1. The molecule has 208 valence electrons. The molecule has 5 amide bonds. The van der Waals surface area contributed by atoms with Crippen molar-refractivity contribution in [1.29, 1.82) is 0 Å². The first-order valence-corrected chi connectivity index (χ1v) is 13.1. The Morgan fingerprint density at radius 3 is 2.15 bits per heavy atom. The number of methoxy groups -OCH3 is 1. The number of aliphatic carboxylic acids is 1. The lowest BCUT2D eigenvalue weighted by molar-refractivity contribution is -0.143. The van der Waals surface area contributed by atoms with Crippen LogP contribution in [-0.4, -0.2) is 78.2 Å². The van der Waals surface area contributed by atoms with Gasteiger partial charge in [0.2, 0.25) is 0 Å². The maximum absolute atomic E-state index is 13.2. The second-order valence-corrected chi connectivity index (χ2v) is 9.92. The summed E-state index contributed by atoms with van der Waals surface area (Å²) in [7, 11) is 1.48. The molecule has 2 saturated heterocycles. The number of para-hydroxylation sites is 1. The summed E-state index contributed by atoms with van der Waals surface area (Å²) < 4.78 is 5.44. The largest absolute Gasteiger partial charge is 0.495 e. The highest BCUT2D eigenvalue weighted by molar-refractivity contribution is 6.02. The SMILES string of the molecule is COc1cc(C(=O)N2CCC(NC(=O)N3CCC(C(=O)O)CC3)CC2)ccc1NC(=O)Nc1ccccc1C. The van der Waals surface area contributed by atoms with Gasteiger partial charge >= 0.3 is 18.0 Å². The summed E-state index contributed by atoms with van der Waals surface area (Å²) in [5, 5.41) is 17.7. The topological polar surface area (TPSA) is 140 Å². The number of carboxylic acid groups (broad SMARTS) is 1. The molecule has 0 aromatic heterocycles. The first kappa shape index (κ1) is 27.7. The Bertz CT molecular complexity index is 1220. The molecule has 0 atom stereocenters. The first-order valence-electron chi connectivity index (χ1n) is 13.1. The summed E-state index contributed by atoms with van der Waals surface area (Å²) in [6, 6.07) is 11.7. The number of carbonyl (C=O) groups is 4. The van der Waals surface area contributed by atoms with Crippen molar-refractivity contribution in [3.63, 3.8) is 0 Å². The Balaban J connectivity index is 1.28. The van der Waals surface area contributed by atoms with Gasteiger partial charge in [-0.3, -0.25) is 9.59 Å². The van der Waals surface area contributed by atoms with E-state index < -0.39 is 12.0 Å². The highest BCUT2D eigenvalue weighted by Crippen LogP contribution is 2.27. The predicted molar refractivity (Wildman–Crippen MR) is 146 cm³/mol. The van der Waals surface area contributed by atoms with Crippen molar-refractivity contribution in [2.75, 3.05) is 43.9 Å². The Kier molecular flexibility index (Phi) is 8.90. The minimum absolute atomic E-state index is 0.0494. The van der Waals surface area contributed by atoms with Crippen molar-refractivity contribution in [2.24, 2.45) is 5.92 Å². The Morgan fingerprint density at radius 1 is 0.872 bits per heavy atom. The highest BCUT2D eigenvalue weighted by Gasteiger charge is 2.30. The Hall–Kier alpha value is -4.28. The number of hydrogen-bond donors (Lipinski definition) is 4. The Labute approximate surface area is 227 Å². The molecule has 2 aromatic carbocycles. The van der Waals surface area contributed by atoms with E-state index in [4.69, 9.17) is 9.84 Å². The van der Waals surface area contributed by atoms with Gasteiger partial charge in [0.05, 0.1) is 18.7 Å². The molecule has 4 N–H and O–H groups in total. The third kappa shape index (κ3) is 6.98. The van der Waals surface area contributed by atoms with Gasteiger partial charge in [0.15, 0.2) is 0 Å². The van der Waals surface area contributed by atoms with Crippen molar-refractivity contribution in [3.05, 3.63) is 53.6 Å². The van der Waals surface area contributed by atoms with Crippen molar-refractivity contribution < 1.29 is 29.0 Å². The van der Waals surface area contributed by atoms with E-state index in [-0.39, 0.29) is 23.9 Å². The fourth-order valence-electron chi connectivity index (χ4n) is 4.92. The maximum Gasteiger partial charge on any atom is 0.323 e. The maximum atomic E-state index is 13.2. The molecule has 4 rings (SSSR count). The molecule has 2 fully saturated rings. The molecule has 2 aliphatic rings. The van der Waals surface area contributed by atoms with Crippen LogP contribution in [0.5, 0.6) is 5.75 Å².